The number of hydrogen-bond donors (Lipinski definition) is 2. The number of anilines is 2. The summed E-state index contributed by atoms with van der Waals surface area (Å²) in [6, 6.07) is 27.2. The fraction of sp³-hybridized carbons (Fsp3) is 0.103. The van der Waals surface area contributed by atoms with Gasteiger partial charge in [0.1, 0.15) is 0 Å². The first-order valence-electron chi connectivity index (χ1n) is 11.9. The minimum absolute atomic E-state index is 0.0750. The van der Waals surface area contributed by atoms with Crippen molar-refractivity contribution in [2.75, 3.05) is 15.9 Å². The molecular weight excluding hydrogens is 557 g/mol. The quantitative estimate of drug-likeness (QED) is 0.248. The van der Waals surface area contributed by atoms with Crippen molar-refractivity contribution in [3.63, 3.8) is 0 Å². The van der Waals surface area contributed by atoms with Crippen LogP contribution in [0.3, 0.4) is 0 Å². The van der Waals surface area contributed by atoms with Gasteiger partial charge in [-0.05, 0) is 54.1 Å². The predicted octanol–water partition coefficient (Wildman–Crippen LogP) is 6.14. The third-order valence-electron chi connectivity index (χ3n) is 5.90. The number of sulfonamides is 1. The summed E-state index contributed by atoms with van der Waals surface area (Å²) in [6.07, 6.45) is 1.08. The predicted molar refractivity (Wildman–Crippen MR) is 156 cm³/mol. The van der Waals surface area contributed by atoms with E-state index < -0.39 is 15.9 Å². The summed E-state index contributed by atoms with van der Waals surface area (Å²) in [7, 11) is -3.70. The molecule has 2 amide bonds. The van der Waals surface area contributed by atoms with Gasteiger partial charge in [0.25, 0.3) is 11.8 Å². The van der Waals surface area contributed by atoms with Crippen molar-refractivity contribution < 1.29 is 18.0 Å². The fourth-order valence-electron chi connectivity index (χ4n) is 3.86. The van der Waals surface area contributed by atoms with E-state index >= 15 is 0 Å². The maximum Gasteiger partial charge on any atom is 0.255 e. The average Bonchev–Trinajstić information content (AvgIpc) is 2.92. The zero-order chi connectivity index (χ0) is 28.0. The van der Waals surface area contributed by atoms with Crippen LogP contribution in [-0.2, 0) is 23.1 Å². The van der Waals surface area contributed by atoms with E-state index in [4.69, 9.17) is 23.2 Å². The number of benzene rings is 4. The molecule has 0 aliphatic heterocycles. The Bertz CT molecular complexity index is 1570. The molecule has 0 bridgehead atoms. The Morgan fingerprint density at radius 1 is 0.769 bits per heavy atom. The van der Waals surface area contributed by atoms with Crippen LogP contribution in [0.4, 0.5) is 11.4 Å². The van der Waals surface area contributed by atoms with Gasteiger partial charge in [-0.3, -0.25) is 13.9 Å². The average molecular weight is 583 g/mol. The molecule has 0 atom stereocenters. The smallest absolute Gasteiger partial charge is 0.255 e. The Kier molecular flexibility index (Phi) is 8.91. The highest BCUT2D eigenvalue weighted by Gasteiger charge is 2.21. The first-order valence-corrected chi connectivity index (χ1v) is 14.5. The summed E-state index contributed by atoms with van der Waals surface area (Å²) in [5.41, 5.74) is 2.71. The van der Waals surface area contributed by atoms with Crippen LogP contribution in [0.25, 0.3) is 0 Å². The zero-order valence-electron chi connectivity index (χ0n) is 20.9. The van der Waals surface area contributed by atoms with Crippen molar-refractivity contribution in [1.82, 2.24) is 5.32 Å². The zero-order valence-corrected chi connectivity index (χ0v) is 23.2. The minimum atomic E-state index is -3.70. The molecule has 0 aliphatic rings. The Labute approximate surface area is 237 Å². The lowest BCUT2D eigenvalue weighted by Crippen LogP contribution is -2.29. The third kappa shape index (κ3) is 7.17. The number of nitrogens with one attached hydrogen (secondary N) is 2. The van der Waals surface area contributed by atoms with Gasteiger partial charge in [0.05, 0.1) is 29.7 Å². The highest BCUT2D eigenvalue weighted by atomic mass is 35.5. The second-order valence-corrected chi connectivity index (χ2v) is 11.4. The van der Waals surface area contributed by atoms with E-state index in [1.165, 1.54) is 24.3 Å². The molecule has 0 saturated carbocycles. The van der Waals surface area contributed by atoms with Crippen molar-refractivity contribution in [3.8, 4) is 0 Å². The van der Waals surface area contributed by atoms with Gasteiger partial charge in [-0.1, -0.05) is 71.7 Å². The lowest BCUT2D eigenvalue weighted by Gasteiger charge is -2.23. The van der Waals surface area contributed by atoms with E-state index in [2.05, 4.69) is 10.6 Å². The van der Waals surface area contributed by atoms with Gasteiger partial charge >= 0.3 is 0 Å². The molecule has 7 nitrogen and oxygen atoms in total. The van der Waals surface area contributed by atoms with Crippen molar-refractivity contribution in [2.24, 2.45) is 0 Å². The van der Waals surface area contributed by atoms with Crippen molar-refractivity contribution >= 4 is 56.4 Å². The number of para-hydroxylation sites is 1. The van der Waals surface area contributed by atoms with E-state index in [1.54, 1.807) is 42.5 Å². The SMILES string of the molecule is CS(=O)(=O)N(Cc1c(Cl)cccc1Cl)c1ccc(C(=O)Nc2ccccc2C(=O)NCc2ccccc2)cc1. The van der Waals surface area contributed by atoms with Gasteiger partial charge in [-0.25, -0.2) is 8.42 Å². The summed E-state index contributed by atoms with van der Waals surface area (Å²) in [5, 5.41) is 6.32. The number of carbonyl (C=O) groups excluding carboxylic acids is 2. The summed E-state index contributed by atoms with van der Waals surface area (Å²) in [4.78, 5) is 25.8. The van der Waals surface area contributed by atoms with Crippen LogP contribution in [0, 0.1) is 0 Å². The molecule has 0 unspecified atom stereocenters. The molecule has 2 N–H and O–H groups in total. The molecule has 10 heteroatoms. The largest absolute Gasteiger partial charge is 0.348 e. The normalized spacial score (nSPS) is 11.1. The van der Waals surface area contributed by atoms with E-state index in [0.29, 0.717) is 39.1 Å². The minimum Gasteiger partial charge on any atom is -0.348 e. The number of amides is 2. The van der Waals surface area contributed by atoms with Crippen LogP contribution < -0.4 is 14.9 Å². The molecular formula is C29H25Cl2N3O4S. The van der Waals surface area contributed by atoms with Crippen molar-refractivity contribution in [3.05, 3.63) is 129 Å². The van der Waals surface area contributed by atoms with Gasteiger partial charge in [-0.15, -0.1) is 0 Å². The molecule has 200 valence electrons. The lowest BCUT2D eigenvalue weighted by molar-refractivity contribution is 0.0951. The summed E-state index contributed by atoms with van der Waals surface area (Å²) < 4.78 is 26.3. The standard InChI is InChI=1S/C29H25Cl2N3O4S/c1-39(37,38)34(19-24-25(30)11-7-12-26(24)31)22-16-14-21(15-17-22)28(35)33-27-13-6-5-10-23(27)29(36)32-18-20-8-3-2-4-9-20/h2-17H,18-19H2,1H3,(H,32,36)(H,33,35). The first kappa shape index (κ1) is 28.2. The number of rotatable bonds is 9. The molecule has 0 aromatic heterocycles. The van der Waals surface area contributed by atoms with Gasteiger partial charge in [0.15, 0.2) is 0 Å². The molecule has 4 aromatic rings. The maximum atomic E-state index is 13.0. The highest BCUT2D eigenvalue weighted by Crippen LogP contribution is 2.29. The van der Waals surface area contributed by atoms with Crippen LogP contribution in [0.2, 0.25) is 10.0 Å². The topological polar surface area (TPSA) is 95.6 Å². The Morgan fingerprint density at radius 2 is 1.38 bits per heavy atom. The highest BCUT2D eigenvalue weighted by molar-refractivity contribution is 7.92. The monoisotopic (exact) mass is 581 g/mol. The Hall–Kier alpha value is -3.85. The molecule has 0 radical (unpaired) electrons. The third-order valence-corrected chi connectivity index (χ3v) is 7.75. The number of hydrogen-bond acceptors (Lipinski definition) is 4. The van der Waals surface area contributed by atoms with Crippen LogP contribution in [0.5, 0.6) is 0 Å². The van der Waals surface area contributed by atoms with Crippen LogP contribution in [0.15, 0.2) is 97.1 Å². The van der Waals surface area contributed by atoms with E-state index in [-0.39, 0.29) is 18.0 Å². The summed E-state index contributed by atoms with van der Waals surface area (Å²) in [6.45, 7) is 0.272. The summed E-state index contributed by atoms with van der Waals surface area (Å²) in [5.74, 6) is -0.781. The molecule has 4 aromatic carbocycles. The number of nitrogens with zero attached hydrogens (tertiary/aromatic N) is 1. The Morgan fingerprint density at radius 3 is 2.03 bits per heavy atom. The Balaban J connectivity index is 1.50. The van der Waals surface area contributed by atoms with E-state index in [1.807, 2.05) is 30.3 Å². The molecule has 4 rings (SSSR count). The molecule has 39 heavy (non-hydrogen) atoms. The number of halogens is 2. The molecule has 0 fully saturated rings. The maximum absolute atomic E-state index is 13.0. The molecule has 0 saturated heterocycles. The van der Waals surface area contributed by atoms with Gasteiger partial charge in [0.2, 0.25) is 10.0 Å². The fourth-order valence-corrected chi connectivity index (χ4v) is 5.25. The second kappa shape index (κ2) is 12.3. The molecule has 0 heterocycles. The second-order valence-electron chi connectivity index (χ2n) is 8.68. The number of carbonyl (C=O) groups is 2. The van der Waals surface area contributed by atoms with E-state index in [0.717, 1.165) is 16.1 Å². The van der Waals surface area contributed by atoms with E-state index in [9.17, 15) is 18.0 Å². The first-order chi connectivity index (χ1) is 18.6. The van der Waals surface area contributed by atoms with Crippen molar-refractivity contribution in [2.45, 2.75) is 13.1 Å². The molecule has 0 spiro atoms. The summed E-state index contributed by atoms with van der Waals surface area (Å²) >= 11 is 12.5. The van der Waals surface area contributed by atoms with Crippen LogP contribution in [-0.4, -0.2) is 26.5 Å². The molecule has 0 aliphatic carbocycles. The van der Waals surface area contributed by atoms with Crippen molar-refractivity contribution in [1.29, 1.82) is 0 Å². The lowest BCUT2D eigenvalue weighted by atomic mass is 10.1. The van der Waals surface area contributed by atoms with Gasteiger partial charge in [-0.2, -0.15) is 0 Å². The van der Waals surface area contributed by atoms with Gasteiger partial charge in [0, 0.05) is 27.7 Å². The van der Waals surface area contributed by atoms with Crippen LogP contribution >= 0.6 is 23.2 Å². The van der Waals surface area contributed by atoms with Gasteiger partial charge < -0.3 is 10.6 Å². The van der Waals surface area contributed by atoms with Crippen LogP contribution in [0.1, 0.15) is 31.8 Å².